The molecule has 6 heteroatoms. The third kappa shape index (κ3) is 8.51. The minimum atomic E-state index is -0.247. The molecular formula is C29H52N2O4. The van der Waals surface area contributed by atoms with Gasteiger partial charge in [-0.2, -0.15) is 10.1 Å². The Labute approximate surface area is 214 Å². The summed E-state index contributed by atoms with van der Waals surface area (Å²) in [5.74, 6) is 0. The Balaban J connectivity index is 0.000000251. The maximum Gasteiger partial charge on any atom is 0.0720 e. The summed E-state index contributed by atoms with van der Waals surface area (Å²) in [5, 5.41) is 23.4. The van der Waals surface area contributed by atoms with E-state index in [4.69, 9.17) is 9.47 Å². The first-order chi connectivity index (χ1) is 16.1. The maximum atomic E-state index is 10.2. The summed E-state index contributed by atoms with van der Waals surface area (Å²) in [5.41, 5.74) is 0.313. The Morgan fingerprint density at radius 2 is 1.11 bits per heavy atom. The second-order valence-electron chi connectivity index (χ2n) is 13.0. The van der Waals surface area contributed by atoms with Crippen molar-refractivity contribution in [2.45, 2.75) is 142 Å². The summed E-state index contributed by atoms with van der Waals surface area (Å²) in [4.78, 5) is 0. The summed E-state index contributed by atoms with van der Waals surface area (Å²) >= 11 is 0. The molecule has 35 heavy (non-hydrogen) atoms. The molecular weight excluding hydrogens is 440 g/mol. The number of hydrogen-bond acceptors (Lipinski definition) is 6. The van der Waals surface area contributed by atoms with Gasteiger partial charge in [0, 0.05) is 28.8 Å². The van der Waals surface area contributed by atoms with Crippen LogP contribution in [0.1, 0.15) is 106 Å². The Morgan fingerprint density at radius 1 is 0.714 bits per heavy atom. The molecule has 2 heterocycles. The van der Waals surface area contributed by atoms with E-state index in [0.717, 1.165) is 38.7 Å². The van der Waals surface area contributed by atoms with Crippen molar-refractivity contribution in [3.8, 4) is 0 Å². The third-order valence-corrected chi connectivity index (χ3v) is 7.38. The molecule has 0 bridgehead atoms. The van der Waals surface area contributed by atoms with E-state index in [1.165, 1.54) is 22.1 Å². The first kappa shape index (κ1) is 30.2. The van der Waals surface area contributed by atoms with Crippen molar-refractivity contribution < 1.29 is 19.9 Å². The lowest BCUT2D eigenvalue weighted by Gasteiger charge is -2.51. The second kappa shape index (κ2) is 12.0. The normalized spacial score (nSPS) is 24.5. The largest absolute Gasteiger partial charge is 0.378 e. The number of benzene rings is 1. The molecule has 0 saturated carbocycles. The molecule has 0 radical (unpaired) electrons. The number of rotatable bonds is 7. The molecule has 0 amide bonds. The topological polar surface area (TPSA) is 65.4 Å². The van der Waals surface area contributed by atoms with Crippen LogP contribution >= 0.6 is 0 Å². The average Bonchev–Trinajstić information content (AvgIpc) is 2.75. The molecule has 6 nitrogen and oxygen atoms in total. The first-order valence-electron chi connectivity index (χ1n) is 13.4. The van der Waals surface area contributed by atoms with Crippen molar-refractivity contribution in [3.05, 3.63) is 35.9 Å². The zero-order chi connectivity index (χ0) is 26.5. The lowest BCUT2D eigenvalue weighted by atomic mass is 9.80. The zero-order valence-corrected chi connectivity index (χ0v) is 23.8. The molecule has 3 rings (SSSR count). The Kier molecular flexibility index (Phi) is 10.4. The number of piperidine rings is 2. The van der Waals surface area contributed by atoms with Crippen molar-refractivity contribution in [1.82, 2.24) is 10.1 Å². The zero-order valence-electron chi connectivity index (χ0n) is 23.8. The summed E-state index contributed by atoms with van der Waals surface area (Å²) in [7, 11) is 0. The van der Waals surface area contributed by atoms with Crippen LogP contribution in [0.3, 0.4) is 0 Å². The van der Waals surface area contributed by atoms with Gasteiger partial charge < -0.3 is 19.9 Å². The lowest BCUT2D eigenvalue weighted by molar-refractivity contribution is -0.262. The highest BCUT2D eigenvalue weighted by molar-refractivity contribution is 5.13. The molecule has 0 spiro atoms. The molecule has 2 N–H and O–H groups in total. The third-order valence-electron chi connectivity index (χ3n) is 7.38. The smallest absolute Gasteiger partial charge is 0.0720 e. The van der Waals surface area contributed by atoms with Crippen LogP contribution in [0.5, 0.6) is 0 Å². The highest BCUT2D eigenvalue weighted by Gasteiger charge is 2.46. The monoisotopic (exact) mass is 492 g/mol. The van der Waals surface area contributed by atoms with E-state index in [-0.39, 0.29) is 34.4 Å². The SMILES string of the molecule is CC1(C)CC(OCc2ccccc2)CC(C)(C)N1O.CCCCOC1CC(C)(C)N(O)C(C)(C)C1. The van der Waals surface area contributed by atoms with Crippen LogP contribution in [-0.4, -0.2) is 61.5 Å². The molecule has 2 saturated heterocycles. The summed E-state index contributed by atoms with van der Waals surface area (Å²) in [6, 6.07) is 10.2. The van der Waals surface area contributed by atoms with Crippen LogP contribution in [0.4, 0.5) is 0 Å². The van der Waals surface area contributed by atoms with Gasteiger partial charge in [0.05, 0.1) is 18.8 Å². The second-order valence-corrected chi connectivity index (χ2v) is 13.0. The average molecular weight is 493 g/mol. The van der Waals surface area contributed by atoms with Crippen LogP contribution in [0.15, 0.2) is 30.3 Å². The van der Waals surface area contributed by atoms with Crippen molar-refractivity contribution in [2.75, 3.05) is 6.61 Å². The van der Waals surface area contributed by atoms with Crippen molar-refractivity contribution in [1.29, 1.82) is 0 Å². The van der Waals surface area contributed by atoms with Crippen LogP contribution in [0, 0.1) is 0 Å². The quantitative estimate of drug-likeness (QED) is 0.407. The molecule has 202 valence electrons. The lowest BCUT2D eigenvalue weighted by Crippen LogP contribution is -2.60. The van der Waals surface area contributed by atoms with E-state index in [1.54, 1.807) is 0 Å². The molecule has 0 aromatic heterocycles. The van der Waals surface area contributed by atoms with Gasteiger partial charge in [0.1, 0.15) is 0 Å². The van der Waals surface area contributed by atoms with Crippen molar-refractivity contribution >= 4 is 0 Å². The summed E-state index contributed by atoms with van der Waals surface area (Å²) < 4.78 is 12.0. The van der Waals surface area contributed by atoms with Gasteiger partial charge in [0.15, 0.2) is 0 Å². The Morgan fingerprint density at radius 3 is 1.51 bits per heavy atom. The highest BCUT2D eigenvalue weighted by atomic mass is 16.5. The fourth-order valence-corrected chi connectivity index (χ4v) is 5.78. The highest BCUT2D eigenvalue weighted by Crippen LogP contribution is 2.39. The standard InChI is InChI=1S/C16H25NO2.C13H27NO2/c1-15(2)10-14(11-16(3,4)17(15)18)19-12-13-8-6-5-7-9-13;1-6-7-8-16-11-9-12(2,3)14(15)13(4,5)10-11/h5-9,14,18H,10-12H2,1-4H3;11,15H,6-10H2,1-5H3. The van der Waals surface area contributed by atoms with Crippen molar-refractivity contribution in [3.63, 3.8) is 0 Å². The molecule has 2 fully saturated rings. The van der Waals surface area contributed by atoms with E-state index >= 15 is 0 Å². The molecule has 1 aromatic rings. The van der Waals surface area contributed by atoms with Gasteiger partial charge >= 0.3 is 0 Å². The van der Waals surface area contributed by atoms with Crippen molar-refractivity contribution in [2.24, 2.45) is 0 Å². The molecule has 1 aromatic carbocycles. The number of unbranched alkanes of at least 4 members (excludes halogenated alkanes) is 1. The van der Waals surface area contributed by atoms with Crippen LogP contribution < -0.4 is 0 Å². The minimum absolute atomic E-state index is 0.189. The first-order valence-corrected chi connectivity index (χ1v) is 13.4. The number of ether oxygens (including phenoxy) is 2. The van der Waals surface area contributed by atoms with Gasteiger partial charge in [-0.25, -0.2) is 0 Å². The molecule has 2 aliphatic heterocycles. The predicted molar refractivity (Wildman–Crippen MR) is 142 cm³/mol. The van der Waals surface area contributed by atoms with E-state index in [0.29, 0.717) is 6.61 Å². The number of hydroxylamine groups is 4. The van der Waals surface area contributed by atoms with Crippen LogP contribution in [0.2, 0.25) is 0 Å². The maximum absolute atomic E-state index is 10.2. The van der Waals surface area contributed by atoms with Gasteiger partial charge in [-0.3, -0.25) is 0 Å². The summed E-state index contributed by atoms with van der Waals surface area (Å²) in [6.45, 7) is 20.2. The molecule has 0 unspecified atom stereocenters. The van der Waals surface area contributed by atoms with E-state index in [2.05, 4.69) is 74.4 Å². The summed E-state index contributed by atoms with van der Waals surface area (Å²) in [6.07, 6.45) is 6.26. The fraction of sp³-hybridized carbons (Fsp3) is 0.793. The van der Waals surface area contributed by atoms with Crippen LogP contribution in [0.25, 0.3) is 0 Å². The van der Waals surface area contributed by atoms with Gasteiger partial charge in [-0.05, 0) is 93.1 Å². The van der Waals surface area contributed by atoms with Gasteiger partial charge in [0.2, 0.25) is 0 Å². The van der Waals surface area contributed by atoms with Crippen LogP contribution in [-0.2, 0) is 16.1 Å². The van der Waals surface area contributed by atoms with E-state index in [1.807, 2.05) is 18.2 Å². The predicted octanol–water partition coefficient (Wildman–Crippen LogP) is 6.83. The number of hydrogen-bond donors (Lipinski definition) is 2. The molecule has 0 atom stereocenters. The van der Waals surface area contributed by atoms with Gasteiger partial charge in [-0.15, -0.1) is 0 Å². The molecule has 2 aliphatic rings. The van der Waals surface area contributed by atoms with E-state index < -0.39 is 0 Å². The Bertz CT molecular complexity index is 727. The molecule has 0 aliphatic carbocycles. The van der Waals surface area contributed by atoms with Gasteiger partial charge in [-0.1, -0.05) is 43.7 Å². The minimum Gasteiger partial charge on any atom is -0.378 e. The van der Waals surface area contributed by atoms with E-state index in [9.17, 15) is 10.4 Å². The Hall–Kier alpha value is -1.02. The van der Waals surface area contributed by atoms with Gasteiger partial charge in [0.25, 0.3) is 0 Å². The number of nitrogens with zero attached hydrogens (tertiary/aromatic N) is 2. The fourth-order valence-electron chi connectivity index (χ4n) is 5.78.